The summed E-state index contributed by atoms with van der Waals surface area (Å²) in [5.74, 6) is 0.0416. The highest BCUT2D eigenvalue weighted by Crippen LogP contribution is 2.39. The summed E-state index contributed by atoms with van der Waals surface area (Å²) in [5.41, 5.74) is 0.417. The Balaban J connectivity index is 1.54. The quantitative estimate of drug-likeness (QED) is 0.278. The maximum Gasteiger partial charge on any atom is 0.417 e. The molecule has 0 spiro atoms. The van der Waals surface area contributed by atoms with Gasteiger partial charge in [-0.3, -0.25) is 9.55 Å². The van der Waals surface area contributed by atoms with Crippen molar-refractivity contribution in [3.63, 3.8) is 0 Å². The molecular formula is C25H16ClF3N4O3. The van der Waals surface area contributed by atoms with Crippen LogP contribution in [0.3, 0.4) is 0 Å². The first-order chi connectivity index (χ1) is 17.2. The smallest absolute Gasteiger partial charge is 0.417 e. The molecule has 0 atom stereocenters. The lowest BCUT2D eigenvalue weighted by Gasteiger charge is -2.14. The maximum absolute atomic E-state index is 13.1. The van der Waals surface area contributed by atoms with Gasteiger partial charge in [0, 0.05) is 31.1 Å². The van der Waals surface area contributed by atoms with Crippen LogP contribution in [0.1, 0.15) is 11.1 Å². The Morgan fingerprint density at radius 3 is 2.53 bits per heavy atom. The first-order valence-corrected chi connectivity index (χ1v) is 10.7. The van der Waals surface area contributed by atoms with Gasteiger partial charge in [0.1, 0.15) is 18.1 Å². The van der Waals surface area contributed by atoms with Crippen molar-refractivity contribution in [2.24, 2.45) is 7.05 Å². The van der Waals surface area contributed by atoms with E-state index in [-0.39, 0.29) is 29.7 Å². The number of benzene rings is 2. The van der Waals surface area contributed by atoms with Gasteiger partial charge in [0.2, 0.25) is 11.6 Å². The normalized spacial score (nSPS) is 11.1. The predicted molar refractivity (Wildman–Crippen MR) is 126 cm³/mol. The van der Waals surface area contributed by atoms with E-state index < -0.39 is 22.5 Å². The van der Waals surface area contributed by atoms with E-state index in [0.717, 1.165) is 17.7 Å². The lowest BCUT2D eigenvalue weighted by molar-refractivity contribution is -0.137. The highest BCUT2D eigenvalue weighted by molar-refractivity contribution is 6.31. The zero-order valence-electron chi connectivity index (χ0n) is 18.6. The van der Waals surface area contributed by atoms with Gasteiger partial charge in [-0.05, 0) is 48.0 Å². The van der Waals surface area contributed by atoms with Gasteiger partial charge in [0.25, 0.3) is 0 Å². The average molecular weight is 513 g/mol. The molecule has 2 aromatic heterocycles. The number of pyridine rings is 1. The molecule has 0 aliphatic heterocycles. The number of hydrogen-bond acceptors (Lipinski definition) is 5. The highest BCUT2D eigenvalue weighted by Gasteiger charge is 2.33. The zero-order valence-corrected chi connectivity index (χ0v) is 19.3. The van der Waals surface area contributed by atoms with Crippen LogP contribution in [0.15, 0.2) is 71.8 Å². The molecule has 0 radical (unpaired) electrons. The van der Waals surface area contributed by atoms with Gasteiger partial charge in [-0.1, -0.05) is 17.7 Å². The summed E-state index contributed by atoms with van der Waals surface area (Å²) in [6, 6.07) is 12.8. The van der Waals surface area contributed by atoms with Crippen molar-refractivity contribution in [2.45, 2.75) is 12.8 Å². The number of hydrogen-bond donors (Lipinski definition) is 0. The van der Waals surface area contributed by atoms with Gasteiger partial charge in [0.15, 0.2) is 0 Å². The van der Waals surface area contributed by atoms with Crippen LogP contribution in [0, 0.1) is 6.57 Å². The fraction of sp³-hybridized carbons (Fsp3) is 0.120. The monoisotopic (exact) mass is 512 g/mol. The minimum atomic E-state index is -4.65. The van der Waals surface area contributed by atoms with Crippen molar-refractivity contribution >= 4 is 17.3 Å². The molecule has 2 aromatic carbocycles. The van der Waals surface area contributed by atoms with Crippen molar-refractivity contribution < 1.29 is 22.6 Å². The lowest BCUT2D eigenvalue weighted by atomic mass is 10.2. The zero-order chi connectivity index (χ0) is 25.9. The number of alkyl halides is 3. The number of aromatic nitrogens is 3. The molecule has 0 N–H and O–H groups in total. The Bertz CT molecular complexity index is 1520. The second-order valence-corrected chi connectivity index (χ2v) is 7.91. The molecule has 0 aliphatic rings. The molecule has 36 heavy (non-hydrogen) atoms. The predicted octanol–water partition coefficient (Wildman–Crippen LogP) is 6.44. The average Bonchev–Trinajstić information content (AvgIpc) is 2.86. The summed E-state index contributed by atoms with van der Waals surface area (Å²) in [6.45, 7) is 7.42. The number of halogens is 4. The van der Waals surface area contributed by atoms with Crippen molar-refractivity contribution in [2.75, 3.05) is 0 Å². The van der Waals surface area contributed by atoms with Crippen LogP contribution in [0.4, 0.5) is 18.9 Å². The standard InChI is InChI=1S/C25H16ClF3N4O3/c1-30-20-11-15(3-6-22(20)36-17-4-5-19(26)18(12-17)25(27,28)29)14-35-23-13-21(33(2)24(34)32-23)16-7-9-31-10-8-16/h3-13H,14H2,2H3. The van der Waals surface area contributed by atoms with Crippen LogP contribution in [0.2, 0.25) is 5.02 Å². The van der Waals surface area contributed by atoms with E-state index in [0.29, 0.717) is 11.3 Å². The molecule has 2 heterocycles. The summed E-state index contributed by atoms with van der Waals surface area (Å²) in [6.07, 6.45) is -1.45. The summed E-state index contributed by atoms with van der Waals surface area (Å²) >= 11 is 5.64. The molecule has 7 nitrogen and oxygen atoms in total. The third-order valence-corrected chi connectivity index (χ3v) is 5.42. The lowest BCUT2D eigenvalue weighted by Crippen LogP contribution is -2.22. The summed E-state index contributed by atoms with van der Waals surface area (Å²) in [5, 5.41) is -0.454. The van der Waals surface area contributed by atoms with Gasteiger partial charge in [-0.2, -0.15) is 18.2 Å². The van der Waals surface area contributed by atoms with Crippen LogP contribution in [-0.4, -0.2) is 14.5 Å². The van der Waals surface area contributed by atoms with Crippen LogP contribution < -0.4 is 15.2 Å². The fourth-order valence-electron chi connectivity index (χ4n) is 3.29. The molecule has 0 fully saturated rings. The first kappa shape index (κ1) is 24.8. The fourth-order valence-corrected chi connectivity index (χ4v) is 3.51. The van der Waals surface area contributed by atoms with Crippen LogP contribution in [0.25, 0.3) is 16.1 Å². The Morgan fingerprint density at radius 2 is 1.83 bits per heavy atom. The van der Waals surface area contributed by atoms with Gasteiger partial charge in [-0.25, -0.2) is 9.64 Å². The Morgan fingerprint density at radius 1 is 1.08 bits per heavy atom. The Labute approximate surface area is 208 Å². The minimum absolute atomic E-state index is 0.0160. The molecule has 0 aliphatic carbocycles. The topological polar surface area (TPSA) is 70.6 Å². The van der Waals surface area contributed by atoms with E-state index >= 15 is 0 Å². The van der Waals surface area contributed by atoms with Crippen LogP contribution in [-0.2, 0) is 19.8 Å². The Kier molecular flexibility index (Phi) is 6.94. The second-order valence-electron chi connectivity index (χ2n) is 7.50. The van der Waals surface area contributed by atoms with Crippen molar-refractivity contribution in [3.05, 3.63) is 105 Å². The third kappa shape index (κ3) is 5.47. The van der Waals surface area contributed by atoms with Crippen molar-refractivity contribution in [3.8, 4) is 28.6 Å². The summed E-state index contributed by atoms with van der Waals surface area (Å²) in [7, 11) is 1.59. The number of nitrogens with zero attached hydrogens (tertiary/aromatic N) is 4. The van der Waals surface area contributed by atoms with Crippen molar-refractivity contribution in [1.29, 1.82) is 0 Å². The van der Waals surface area contributed by atoms with Gasteiger partial charge in [0.05, 0.1) is 22.9 Å². The molecule has 0 saturated heterocycles. The van der Waals surface area contributed by atoms with Crippen LogP contribution >= 0.6 is 11.6 Å². The molecular weight excluding hydrogens is 497 g/mol. The van der Waals surface area contributed by atoms with E-state index in [1.54, 1.807) is 43.7 Å². The molecule has 0 amide bonds. The molecule has 0 unspecified atom stereocenters. The van der Waals surface area contributed by atoms with Crippen LogP contribution in [0.5, 0.6) is 17.4 Å². The van der Waals surface area contributed by atoms with Gasteiger partial charge in [-0.15, -0.1) is 0 Å². The molecule has 4 aromatic rings. The molecule has 182 valence electrons. The molecule has 4 rings (SSSR count). The van der Waals surface area contributed by atoms with E-state index in [2.05, 4.69) is 14.8 Å². The highest BCUT2D eigenvalue weighted by atomic mass is 35.5. The van der Waals surface area contributed by atoms with Gasteiger partial charge >= 0.3 is 11.9 Å². The SMILES string of the molecule is [C-]#[N+]c1cc(COc2cc(-c3ccncc3)n(C)c(=O)n2)ccc1Oc1ccc(Cl)c(C(F)(F)F)c1. The molecule has 0 saturated carbocycles. The number of rotatable bonds is 6. The summed E-state index contributed by atoms with van der Waals surface area (Å²) < 4.78 is 52.0. The molecule has 0 bridgehead atoms. The second kappa shape index (κ2) is 10.1. The van der Waals surface area contributed by atoms with E-state index in [9.17, 15) is 18.0 Å². The van der Waals surface area contributed by atoms with E-state index in [1.165, 1.54) is 22.8 Å². The van der Waals surface area contributed by atoms with E-state index in [4.69, 9.17) is 27.6 Å². The third-order valence-electron chi connectivity index (χ3n) is 5.09. The largest absolute Gasteiger partial charge is 0.473 e. The van der Waals surface area contributed by atoms with E-state index in [1.807, 2.05) is 0 Å². The molecule has 11 heteroatoms. The van der Waals surface area contributed by atoms with Crippen molar-refractivity contribution in [1.82, 2.24) is 14.5 Å². The first-order valence-electron chi connectivity index (χ1n) is 10.3. The Hall–Kier alpha value is -4.36. The summed E-state index contributed by atoms with van der Waals surface area (Å²) in [4.78, 5) is 23.6. The van der Waals surface area contributed by atoms with Gasteiger partial charge < -0.3 is 9.47 Å². The maximum atomic E-state index is 13.1. The number of ether oxygens (including phenoxy) is 2. The minimum Gasteiger partial charge on any atom is -0.473 e.